The zero-order chi connectivity index (χ0) is 15.7. The van der Waals surface area contributed by atoms with E-state index in [1.54, 1.807) is 6.07 Å². The van der Waals surface area contributed by atoms with Crippen LogP contribution in [0.1, 0.15) is 5.56 Å². The Morgan fingerprint density at radius 3 is 2.05 bits per heavy atom. The average molecular weight is 300 g/mol. The van der Waals surface area contributed by atoms with Crippen LogP contribution in [-0.2, 0) is 6.42 Å². The lowest BCUT2D eigenvalue weighted by molar-refractivity contribution is 0.381. The predicted molar refractivity (Wildman–Crippen MR) is 61.6 cm³/mol. The van der Waals surface area contributed by atoms with Crippen molar-refractivity contribution in [3.63, 3.8) is 0 Å². The van der Waals surface area contributed by atoms with E-state index in [9.17, 15) is 26.7 Å². The standard InChI is InChI=1S/C13H5F5N2O/c14-8-7(9(15)11(17)12(18)10(8)16)6-3-5(1-2-19)4-20-13(6)21/h3-4H,1H2,(H,20,21). The molecule has 0 unspecified atom stereocenters. The van der Waals surface area contributed by atoms with Gasteiger partial charge in [-0.25, -0.2) is 22.0 Å². The van der Waals surface area contributed by atoms with E-state index in [0.717, 1.165) is 12.3 Å². The molecule has 21 heavy (non-hydrogen) atoms. The summed E-state index contributed by atoms with van der Waals surface area (Å²) in [6.07, 6.45) is 0.903. The fourth-order valence-corrected chi connectivity index (χ4v) is 1.75. The molecular weight excluding hydrogens is 295 g/mol. The summed E-state index contributed by atoms with van der Waals surface area (Å²) in [6, 6.07) is 2.63. The normalized spacial score (nSPS) is 10.5. The second kappa shape index (κ2) is 5.36. The number of hydrogen-bond acceptors (Lipinski definition) is 2. The minimum atomic E-state index is -2.31. The predicted octanol–water partition coefficient (Wildman–Crippen LogP) is 2.80. The van der Waals surface area contributed by atoms with Crippen molar-refractivity contribution in [1.82, 2.24) is 4.98 Å². The molecular formula is C13H5F5N2O. The van der Waals surface area contributed by atoms with Crippen LogP contribution in [0.15, 0.2) is 17.1 Å². The van der Waals surface area contributed by atoms with Crippen LogP contribution >= 0.6 is 0 Å². The number of pyridine rings is 1. The third-order valence-corrected chi connectivity index (χ3v) is 2.73. The number of benzene rings is 1. The topological polar surface area (TPSA) is 56.6 Å². The van der Waals surface area contributed by atoms with E-state index in [1.807, 2.05) is 0 Å². The Hall–Kier alpha value is -2.69. The van der Waals surface area contributed by atoms with Gasteiger partial charge in [0.25, 0.3) is 5.56 Å². The second-order valence-electron chi connectivity index (χ2n) is 4.03. The van der Waals surface area contributed by atoms with E-state index in [-0.39, 0.29) is 12.0 Å². The molecule has 0 radical (unpaired) electrons. The van der Waals surface area contributed by atoms with Crippen molar-refractivity contribution >= 4 is 0 Å². The van der Waals surface area contributed by atoms with Crippen molar-refractivity contribution in [2.75, 3.05) is 0 Å². The van der Waals surface area contributed by atoms with Gasteiger partial charge >= 0.3 is 0 Å². The summed E-state index contributed by atoms with van der Waals surface area (Å²) in [6.45, 7) is 0. The van der Waals surface area contributed by atoms with Crippen LogP contribution < -0.4 is 5.56 Å². The van der Waals surface area contributed by atoms with Crippen LogP contribution in [-0.4, -0.2) is 4.98 Å². The first-order chi connectivity index (χ1) is 9.88. The molecule has 0 aliphatic heterocycles. The van der Waals surface area contributed by atoms with Crippen LogP contribution in [0, 0.1) is 40.4 Å². The first-order valence-corrected chi connectivity index (χ1v) is 5.48. The summed E-state index contributed by atoms with van der Waals surface area (Å²) < 4.78 is 66.5. The maximum Gasteiger partial charge on any atom is 0.256 e. The fraction of sp³-hybridized carbons (Fsp3) is 0.0769. The van der Waals surface area contributed by atoms with Crippen molar-refractivity contribution in [2.24, 2.45) is 0 Å². The summed E-state index contributed by atoms with van der Waals surface area (Å²) in [5.41, 5.74) is -2.95. The van der Waals surface area contributed by atoms with E-state index in [2.05, 4.69) is 4.98 Å². The van der Waals surface area contributed by atoms with Crippen molar-refractivity contribution in [2.45, 2.75) is 6.42 Å². The zero-order valence-electron chi connectivity index (χ0n) is 10.1. The van der Waals surface area contributed by atoms with Gasteiger partial charge in [-0.3, -0.25) is 4.79 Å². The van der Waals surface area contributed by atoms with Gasteiger partial charge < -0.3 is 4.98 Å². The van der Waals surface area contributed by atoms with E-state index in [0.29, 0.717) is 0 Å². The summed E-state index contributed by atoms with van der Waals surface area (Å²) in [5, 5.41) is 8.52. The Bertz CT molecular complexity index is 794. The molecule has 0 saturated carbocycles. The molecule has 0 aliphatic carbocycles. The van der Waals surface area contributed by atoms with Crippen LogP contribution in [0.3, 0.4) is 0 Å². The first-order valence-electron chi connectivity index (χ1n) is 5.48. The number of halogens is 5. The zero-order valence-corrected chi connectivity index (χ0v) is 10.1. The Labute approximate surface area is 114 Å². The van der Waals surface area contributed by atoms with Gasteiger partial charge in [-0.1, -0.05) is 0 Å². The van der Waals surface area contributed by atoms with Crippen LogP contribution in [0.4, 0.5) is 22.0 Å². The molecule has 8 heteroatoms. The molecule has 0 amide bonds. The molecule has 2 rings (SSSR count). The Kier molecular flexibility index (Phi) is 3.76. The smallest absolute Gasteiger partial charge is 0.256 e. The van der Waals surface area contributed by atoms with Crippen molar-refractivity contribution in [3.05, 3.63) is 57.3 Å². The van der Waals surface area contributed by atoms with Gasteiger partial charge in [0.2, 0.25) is 5.82 Å². The lowest BCUT2D eigenvalue weighted by Gasteiger charge is -2.08. The van der Waals surface area contributed by atoms with Gasteiger partial charge in [0.05, 0.1) is 23.6 Å². The third-order valence-electron chi connectivity index (χ3n) is 2.73. The van der Waals surface area contributed by atoms with E-state index >= 15 is 0 Å². The molecule has 0 bridgehead atoms. The molecule has 0 atom stereocenters. The Morgan fingerprint density at radius 1 is 1.00 bits per heavy atom. The summed E-state index contributed by atoms with van der Waals surface area (Å²) >= 11 is 0. The molecule has 1 N–H and O–H groups in total. The summed E-state index contributed by atoms with van der Waals surface area (Å²) in [5.74, 6) is -10.8. The number of nitrogens with one attached hydrogen (secondary N) is 1. The highest BCUT2D eigenvalue weighted by atomic mass is 19.2. The number of aromatic nitrogens is 1. The number of nitriles is 1. The van der Waals surface area contributed by atoms with E-state index < -0.39 is 45.8 Å². The SMILES string of the molecule is N#CCc1c[nH]c(=O)c(-c2c(F)c(F)c(F)c(F)c2F)c1. The number of H-pyrrole nitrogens is 1. The van der Waals surface area contributed by atoms with Gasteiger partial charge in [-0.05, 0) is 11.6 Å². The van der Waals surface area contributed by atoms with E-state index in [4.69, 9.17) is 5.26 Å². The highest BCUT2D eigenvalue weighted by Gasteiger charge is 2.27. The minimum Gasteiger partial charge on any atom is -0.328 e. The first kappa shape index (κ1) is 14.7. The highest BCUT2D eigenvalue weighted by Crippen LogP contribution is 2.29. The quantitative estimate of drug-likeness (QED) is 0.527. The van der Waals surface area contributed by atoms with Crippen LogP contribution in [0.2, 0.25) is 0 Å². The van der Waals surface area contributed by atoms with Crippen molar-refractivity contribution in [1.29, 1.82) is 5.26 Å². The minimum absolute atomic E-state index is 0.163. The number of nitrogens with zero attached hydrogens (tertiary/aromatic N) is 1. The molecule has 0 fully saturated rings. The number of aromatic amines is 1. The summed E-state index contributed by atoms with van der Waals surface area (Å²) in [4.78, 5) is 13.7. The molecule has 0 aliphatic rings. The number of rotatable bonds is 2. The maximum absolute atomic E-state index is 13.6. The fourth-order valence-electron chi connectivity index (χ4n) is 1.75. The van der Waals surface area contributed by atoms with Crippen LogP contribution in [0.25, 0.3) is 11.1 Å². The number of hydrogen-bond donors (Lipinski definition) is 1. The monoisotopic (exact) mass is 300 g/mol. The van der Waals surface area contributed by atoms with E-state index in [1.165, 1.54) is 0 Å². The van der Waals surface area contributed by atoms with Gasteiger partial charge in [0.1, 0.15) is 0 Å². The van der Waals surface area contributed by atoms with Gasteiger partial charge in [0, 0.05) is 6.20 Å². The lowest BCUT2D eigenvalue weighted by Crippen LogP contribution is -2.13. The Morgan fingerprint density at radius 2 is 1.52 bits per heavy atom. The molecule has 3 nitrogen and oxygen atoms in total. The van der Waals surface area contributed by atoms with Crippen LogP contribution in [0.5, 0.6) is 0 Å². The molecule has 0 spiro atoms. The second-order valence-corrected chi connectivity index (χ2v) is 4.03. The van der Waals surface area contributed by atoms with Crippen molar-refractivity contribution in [3.8, 4) is 17.2 Å². The molecule has 2 aromatic rings. The highest BCUT2D eigenvalue weighted by molar-refractivity contribution is 5.65. The lowest BCUT2D eigenvalue weighted by atomic mass is 10.0. The molecule has 1 heterocycles. The molecule has 108 valence electrons. The van der Waals surface area contributed by atoms with Gasteiger partial charge in [-0.2, -0.15) is 5.26 Å². The summed E-state index contributed by atoms with van der Waals surface area (Å²) in [7, 11) is 0. The van der Waals surface area contributed by atoms with Gasteiger partial charge in [-0.15, -0.1) is 0 Å². The average Bonchev–Trinajstić information content (AvgIpc) is 2.47. The third kappa shape index (κ3) is 2.38. The molecule has 1 aromatic carbocycles. The van der Waals surface area contributed by atoms with Crippen molar-refractivity contribution < 1.29 is 22.0 Å². The molecule has 1 aromatic heterocycles. The Balaban J connectivity index is 2.82. The largest absolute Gasteiger partial charge is 0.328 e. The molecule has 0 saturated heterocycles. The van der Waals surface area contributed by atoms with Gasteiger partial charge in [0.15, 0.2) is 23.3 Å². The maximum atomic E-state index is 13.6.